The summed E-state index contributed by atoms with van der Waals surface area (Å²) in [5.74, 6) is 0.908. The molecule has 0 radical (unpaired) electrons. The molecule has 234 valence electrons. The third-order valence-corrected chi connectivity index (χ3v) is 11.7. The predicted octanol–water partition coefficient (Wildman–Crippen LogP) is 9.45. The first-order valence-corrected chi connectivity index (χ1v) is 17.7. The Hall–Kier alpha value is -6.59. The van der Waals surface area contributed by atoms with Gasteiger partial charge in [0.25, 0.3) is 6.71 Å². The number of imidazole rings is 1. The highest BCUT2D eigenvalue weighted by Crippen LogP contribution is 2.44. The number of para-hydroxylation sites is 3. The number of benzene rings is 8. The summed E-state index contributed by atoms with van der Waals surface area (Å²) in [6.45, 7) is 2.28. The van der Waals surface area contributed by atoms with Crippen molar-refractivity contribution in [2.45, 2.75) is 6.92 Å². The van der Waals surface area contributed by atoms with Gasteiger partial charge in [-0.2, -0.15) is 0 Å². The van der Waals surface area contributed by atoms with E-state index in [-0.39, 0.29) is 6.71 Å². The van der Waals surface area contributed by atoms with Crippen molar-refractivity contribution >= 4 is 99.4 Å². The standard InChI is InChI=1S/C46H26BN3O/c1-25-22-37-42-38(23-25)50-43-33(17-9-18-35(43)48-46(50)32-16-8-15-31-30-14-6-7-19-39(30)51-45(31)32)47(42)34-24-27-11-3-5-13-29(27)41-40-28-12-4-2-10-26(28)20-21-36(40)49(37)44(34)41/h2-24H,1H3. The maximum absolute atomic E-state index is 6.61. The van der Waals surface area contributed by atoms with E-state index in [2.05, 4.69) is 150 Å². The van der Waals surface area contributed by atoms with Crippen LogP contribution in [0.2, 0.25) is 0 Å². The zero-order chi connectivity index (χ0) is 33.1. The van der Waals surface area contributed by atoms with Gasteiger partial charge >= 0.3 is 0 Å². The quantitative estimate of drug-likeness (QED) is 0.167. The fraction of sp³-hybridized carbons (Fsp3) is 0.0217. The van der Waals surface area contributed by atoms with Crippen LogP contribution >= 0.6 is 0 Å². The number of rotatable bonds is 1. The Kier molecular flexibility index (Phi) is 4.62. The molecule has 0 spiro atoms. The second kappa shape index (κ2) is 8.95. The SMILES string of the molecule is Cc1cc2c3c(c1)-n1c4ccc5ccccc5c4c4c5ccccc5cc(c41)B3c1cccc3nc(-c4cccc5c4oc4ccccc45)n-2c13. The fourth-order valence-corrected chi connectivity index (χ4v) is 9.78. The van der Waals surface area contributed by atoms with Crippen LogP contribution in [0.15, 0.2) is 144 Å². The van der Waals surface area contributed by atoms with Gasteiger partial charge < -0.3 is 8.98 Å². The van der Waals surface area contributed by atoms with Gasteiger partial charge in [-0.1, -0.05) is 103 Å². The molecular formula is C46H26BN3O. The molecule has 3 aromatic heterocycles. The minimum absolute atomic E-state index is 0.0496. The van der Waals surface area contributed by atoms with Crippen molar-refractivity contribution in [2.75, 3.05) is 0 Å². The van der Waals surface area contributed by atoms with E-state index in [1.165, 1.54) is 82.2 Å². The molecule has 0 fully saturated rings. The molecule has 5 heterocycles. The van der Waals surface area contributed by atoms with E-state index in [9.17, 15) is 0 Å². The van der Waals surface area contributed by atoms with Crippen LogP contribution in [0.1, 0.15) is 5.56 Å². The van der Waals surface area contributed by atoms with Crippen LogP contribution in [0.5, 0.6) is 0 Å². The lowest BCUT2D eigenvalue weighted by molar-refractivity contribution is 0.669. The van der Waals surface area contributed by atoms with Crippen molar-refractivity contribution in [1.29, 1.82) is 0 Å². The largest absolute Gasteiger partial charge is 0.455 e. The molecule has 0 N–H and O–H groups in total. The number of hydrogen-bond acceptors (Lipinski definition) is 2. The van der Waals surface area contributed by atoms with E-state index in [1.54, 1.807) is 0 Å². The van der Waals surface area contributed by atoms with Gasteiger partial charge in [0.05, 0.1) is 27.6 Å². The Morgan fingerprint density at radius 1 is 0.569 bits per heavy atom. The molecule has 0 amide bonds. The van der Waals surface area contributed by atoms with Gasteiger partial charge in [-0.25, -0.2) is 4.98 Å². The van der Waals surface area contributed by atoms with Gasteiger partial charge in [0, 0.05) is 32.9 Å². The highest BCUT2D eigenvalue weighted by atomic mass is 16.3. The summed E-state index contributed by atoms with van der Waals surface area (Å²) in [6.07, 6.45) is 0. The number of aromatic nitrogens is 3. The number of furan rings is 1. The van der Waals surface area contributed by atoms with Crippen molar-refractivity contribution in [3.05, 3.63) is 145 Å². The monoisotopic (exact) mass is 647 g/mol. The lowest BCUT2D eigenvalue weighted by Crippen LogP contribution is -2.59. The fourth-order valence-electron chi connectivity index (χ4n) is 9.78. The van der Waals surface area contributed by atoms with Crippen molar-refractivity contribution in [2.24, 2.45) is 0 Å². The zero-order valence-corrected chi connectivity index (χ0v) is 27.6. The molecule has 0 saturated heterocycles. The number of aryl methyl sites for hydroxylation is 1. The summed E-state index contributed by atoms with van der Waals surface area (Å²) in [5.41, 5.74) is 15.1. The number of hydrogen-bond donors (Lipinski definition) is 0. The highest BCUT2D eigenvalue weighted by Gasteiger charge is 2.42. The molecule has 13 rings (SSSR count). The average molecular weight is 648 g/mol. The molecule has 0 saturated carbocycles. The van der Waals surface area contributed by atoms with E-state index in [4.69, 9.17) is 9.40 Å². The molecule has 4 nitrogen and oxygen atoms in total. The Morgan fingerprint density at radius 3 is 2.18 bits per heavy atom. The molecule has 0 bridgehead atoms. The van der Waals surface area contributed by atoms with E-state index >= 15 is 0 Å². The highest BCUT2D eigenvalue weighted by molar-refractivity contribution is 7.00. The van der Waals surface area contributed by atoms with E-state index in [0.29, 0.717) is 0 Å². The Morgan fingerprint density at radius 2 is 1.29 bits per heavy atom. The van der Waals surface area contributed by atoms with E-state index in [0.717, 1.165) is 38.8 Å². The molecule has 2 aliphatic rings. The Balaban J connectivity index is 1.23. The average Bonchev–Trinajstić information content (AvgIpc) is 3.86. The molecule has 0 atom stereocenters. The van der Waals surface area contributed by atoms with Crippen molar-refractivity contribution in [1.82, 2.24) is 14.1 Å². The topological polar surface area (TPSA) is 35.9 Å². The lowest BCUT2D eigenvalue weighted by atomic mass is 9.34. The van der Waals surface area contributed by atoms with E-state index in [1.807, 2.05) is 6.07 Å². The van der Waals surface area contributed by atoms with E-state index < -0.39 is 0 Å². The smallest absolute Gasteiger partial charge is 0.252 e. The van der Waals surface area contributed by atoms with Gasteiger partial charge in [-0.05, 0) is 86.8 Å². The lowest BCUT2D eigenvalue weighted by Gasteiger charge is -2.34. The van der Waals surface area contributed by atoms with Gasteiger partial charge in [-0.3, -0.25) is 4.57 Å². The van der Waals surface area contributed by atoms with Gasteiger partial charge in [0.2, 0.25) is 0 Å². The first-order chi connectivity index (χ1) is 25.2. The summed E-state index contributed by atoms with van der Waals surface area (Å²) >= 11 is 0. The van der Waals surface area contributed by atoms with Crippen molar-refractivity contribution in [3.8, 4) is 22.8 Å². The zero-order valence-electron chi connectivity index (χ0n) is 27.6. The normalized spacial score (nSPS) is 13.2. The minimum Gasteiger partial charge on any atom is -0.455 e. The molecule has 8 aromatic carbocycles. The summed E-state index contributed by atoms with van der Waals surface area (Å²) < 4.78 is 11.6. The van der Waals surface area contributed by atoms with Crippen LogP contribution < -0.4 is 16.4 Å². The second-order valence-corrected chi connectivity index (χ2v) is 14.3. The van der Waals surface area contributed by atoms with Gasteiger partial charge in [0.15, 0.2) is 0 Å². The third kappa shape index (κ3) is 3.08. The van der Waals surface area contributed by atoms with Crippen LogP contribution in [0.25, 0.3) is 99.1 Å². The van der Waals surface area contributed by atoms with Crippen LogP contribution in [0.3, 0.4) is 0 Å². The Bertz CT molecular complexity index is 3400. The minimum atomic E-state index is 0.0496. The number of fused-ring (bicyclic) bond motifs is 14. The molecule has 0 aliphatic carbocycles. The first kappa shape index (κ1) is 26.3. The van der Waals surface area contributed by atoms with Gasteiger partial charge in [-0.15, -0.1) is 0 Å². The summed E-state index contributed by atoms with van der Waals surface area (Å²) in [6, 6.07) is 51.1. The second-order valence-electron chi connectivity index (χ2n) is 14.3. The maximum Gasteiger partial charge on any atom is 0.252 e. The van der Waals surface area contributed by atoms with Crippen LogP contribution in [-0.2, 0) is 0 Å². The Labute approximate surface area is 291 Å². The van der Waals surface area contributed by atoms with Crippen molar-refractivity contribution in [3.63, 3.8) is 0 Å². The summed E-state index contributed by atoms with van der Waals surface area (Å²) in [4.78, 5) is 5.44. The van der Waals surface area contributed by atoms with Gasteiger partial charge in [0.1, 0.15) is 17.0 Å². The summed E-state index contributed by atoms with van der Waals surface area (Å²) in [5, 5.41) is 10.0. The molecule has 2 aliphatic heterocycles. The molecule has 0 unspecified atom stereocenters. The summed E-state index contributed by atoms with van der Waals surface area (Å²) in [7, 11) is 0. The maximum atomic E-state index is 6.61. The molecule has 5 heteroatoms. The van der Waals surface area contributed by atoms with Crippen LogP contribution in [0.4, 0.5) is 0 Å². The van der Waals surface area contributed by atoms with Crippen molar-refractivity contribution < 1.29 is 4.42 Å². The predicted molar refractivity (Wildman–Crippen MR) is 213 cm³/mol. The molecular weight excluding hydrogens is 621 g/mol. The number of nitrogens with zero attached hydrogens (tertiary/aromatic N) is 3. The molecule has 51 heavy (non-hydrogen) atoms. The first-order valence-electron chi connectivity index (χ1n) is 17.7. The molecule has 11 aromatic rings. The van der Waals surface area contributed by atoms with Crippen LogP contribution in [0, 0.1) is 6.92 Å². The van der Waals surface area contributed by atoms with Crippen LogP contribution in [-0.4, -0.2) is 20.8 Å². The third-order valence-electron chi connectivity index (χ3n) is 11.7.